The van der Waals surface area contributed by atoms with Crippen molar-refractivity contribution in [3.8, 4) is 11.5 Å². The standard InChI is InChI=1S/C20H19N3O2S/c24-18(13-26-17-12-6-10-14-7-4-5-11-16(14)17)21-20-23-22-19(25-20)15-8-2-1-3-9-15/h1-5,7-9,11,17H,6,10,12-13H2,(H,21,23,24). The van der Waals surface area contributed by atoms with Gasteiger partial charge in [0.15, 0.2) is 0 Å². The molecule has 4 rings (SSSR count). The largest absolute Gasteiger partial charge is 0.403 e. The summed E-state index contributed by atoms with van der Waals surface area (Å²) in [6.45, 7) is 0. The molecule has 0 spiro atoms. The molecule has 1 amide bonds. The predicted molar refractivity (Wildman–Crippen MR) is 103 cm³/mol. The molecule has 3 aromatic rings. The molecule has 0 saturated heterocycles. The van der Waals surface area contributed by atoms with Crippen LogP contribution in [0.5, 0.6) is 0 Å². The molecular formula is C20H19N3O2S. The fourth-order valence-electron chi connectivity index (χ4n) is 3.19. The van der Waals surface area contributed by atoms with Crippen LogP contribution in [0.4, 0.5) is 6.01 Å². The van der Waals surface area contributed by atoms with E-state index in [1.54, 1.807) is 11.8 Å². The van der Waals surface area contributed by atoms with Gasteiger partial charge in [-0.15, -0.1) is 16.9 Å². The Morgan fingerprint density at radius 3 is 2.81 bits per heavy atom. The highest BCUT2D eigenvalue weighted by Gasteiger charge is 2.21. The fraction of sp³-hybridized carbons (Fsp3) is 0.250. The molecule has 132 valence electrons. The quantitative estimate of drug-likeness (QED) is 0.722. The second-order valence-electron chi connectivity index (χ2n) is 6.22. The number of aryl methyl sites for hydroxylation is 1. The lowest BCUT2D eigenvalue weighted by molar-refractivity contribution is -0.113. The number of carbonyl (C=O) groups is 1. The molecule has 26 heavy (non-hydrogen) atoms. The highest BCUT2D eigenvalue weighted by molar-refractivity contribution is 8.00. The summed E-state index contributed by atoms with van der Waals surface area (Å²) in [5.74, 6) is 0.637. The Labute approximate surface area is 156 Å². The average molecular weight is 365 g/mol. The number of fused-ring (bicyclic) bond motifs is 1. The molecule has 1 unspecified atom stereocenters. The second-order valence-corrected chi connectivity index (χ2v) is 7.41. The minimum Gasteiger partial charge on any atom is -0.403 e. The minimum atomic E-state index is -0.124. The van der Waals surface area contributed by atoms with Crippen LogP contribution in [0, 0.1) is 0 Å². The van der Waals surface area contributed by atoms with Crippen molar-refractivity contribution in [3.05, 3.63) is 65.7 Å². The van der Waals surface area contributed by atoms with Gasteiger partial charge in [-0.05, 0) is 42.5 Å². The molecule has 2 aromatic carbocycles. The van der Waals surface area contributed by atoms with Crippen LogP contribution >= 0.6 is 11.8 Å². The Morgan fingerprint density at radius 1 is 1.12 bits per heavy atom. The van der Waals surface area contributed by atoms with Gasteiger partial charge in [-0.25, -0.2) is 0 Å². The van der Waals surface area contributed by atoms with Crippen LogP contribution < -0.4 is 5.32 Å². The maximum absolute atomic E-state index is 12.3. The van der Waals surface area contributed by atoms with Crippen molar-refractivity contribution in [2.75, 3.05) is 11.1 Å². The molecule has 1 atom stereocenters. The van der Waals surface area contributed by atoms with Crippen LogP contribution in [0.2, 0.25) is 0 Å². The lowest BCUT2D eigenvalue weighted by atomic mass is 9.91. The molecule has 0 fully saturated rings. The van der Waals surface area contributed by atoms with Gasteiger partial charge in [0.05, 0.1) is 5.75 Å². The SMILES string of the molecule is O=C(CSC1CCCc2ccccc21)Nc1nnc(-c2ccccc2)o1. The number of nitrogens with zero attached hydrogens (tertiary/aromatic N) is 2. The van der Waals surface area contributed by atoms with Gasteiger partial charge in [0.25, 0.3) is 0 Å². The van der Waals surface area contributed by atoms with E-state index in [1.165, 1.54) is 17.5 Å². The molecule has 1 aliphatic rings. The van der Waals surface area contributed by atoms with Crippen LogP contribution in [-0.4, -0.2) is 21.9 Å². The Balaban J connectivity index is 1.35. The first-order valence-electron chi connectivity index (χ1n) is 8.68. The number of hydrogen-bond acceptors (Lipinski definition) is 5. The number of amides is 1. The van der Waals surface area contributed by atoms with Crippen LogP contribution in [0.1, 0.15) is 29.2 Å². The molecule has 1 N–H and O–H groups in total. The summed E-state index contributed by atoms with van der Waals surface area (Å²) in [5, 5.41) is 11.0. The third kappa shape index (κ3) is 3.80. The summed E-state index contributed by atoms with van der Waals surface area (Å²) < 4.78 is 5.52. The van der Waals surface area contributed by atoms with Gasteiger partial charge in [0, 0.05) is 10.8 Å². The number of benzene rings is 2. The van der Waals surface area contributed by atoms with E-state index >= 15 is 0 Å². The maximum atomic E-state index is 12.3. The summed E-state index contributed by atoms with van der Waals surface area (Å²) in [7, 11) is 0. The van der Waals surface area contributed by atoms with E-state index in [0.717, 1.165) is 18.4 Å². The van der Waals surface area contributed by atoms with Gasteiger partial charge in [0.1, 0.15) is 0 Å². The van der Waals surface area contributed by atoms with Gasteiger partial charge in [-0.1, -0.05) is 47.6 Å². The zero-order chi connectivity index (χ0) is 17.8. The first kappa shape index (κ1) is 16.8. The molecule has 5 nitrogen and oxygen atoms in total. The summed E-state index contributed by atoms with van der Waals surface area (Å²) in [5.41, 5.74) is 3.59. The molecule has 1 heterocycles. The van der Waals surface area contributed by atoms with Crippen LogP contribution in [0.3, 0.4) is 0 Å². The lowest BCUT2D eigenvalue weighted by Crippen LogP contribution is -2.16. The van der Waals surface area contributed by atoms with E-state index in [9.17, 15) is 4.79 Å². The van der Waals surface area contributed by atoms with E-state index in [2.05, 4.69) is 39.8 Å². The van der Waals surface area contributed by atoms with Gasteiger partial charge < -0.3 is 4.42 Å². The topological polar surface area (TPSA) is 68.0 Å². The predicted octanol–water partition coefficient (Wildman–Crippen LogP) is 4.49. The van der Waals surface area contributed by atoms with Crippen molar-refractivity contribution in [1.82, 2.24) is 10.2 Å². The number of aromatic nitrogens is 2. The average Bonchev–Trinajstić information content (AvgIpc) is 3.15. The molecular weight excluding hydrogens is 346 g/mol. The Bertz CT molecular complexity index is 895. The second kappa shape index (κ2) is 7.74. The van der Waals surface area contributed by atoms with E-state index in [1.807, 2.05) is 30.3 Å². The number of rotatable bonds is 5. The number of thioether (sulfide) groups is 1. The number of anilines is 1. The first-order chi connectivity index (χ1) is 12.8. The number of nitrogens with one attached hydrogen (secondary N) is 1. The van der Waals surface area contributed by atoms with Crippen molar-refractivity contribution in [2.24, 2.45) is 0 Å². The van der Waals surface area contributed by atoms with E-state index in [-0.39, 0.29) is 11.9 Å². The maximum Gasteiger partial charge on any atom is 0.322 e. The highest BCUT2D eigenvalue weighted by Crippen LogP contribution is 2.39. The Morgan fingerprint density at radius 2 is 1.92 bits per heavy atom. The van der Waals surface area contributed by atoms with Crippen LogP contribution in [-0.2, 0) is 11.2 Å². The molecule has 0 radical (unpaired) electrons. The van der Waals surface area contributed by atoms with Gasteiger partial charge in [-0.3, -0.25) is 10.1 Å². The first-order valence-corrected chi connectivity index (χ1v) is 9.72. The zero-order valence-corrected chi connectivity index (χ0v) is 15.0. The van der Waals surface area contributed by atoms with Crippen molar-refractivity contribution in [2.45, 2.75) is 24.5 Å². The third-order valence-electron chi connectivity index (χ3n) is 4.42. The fourth-order valence-corrected chi connectivity index (χ4v) is 4.35. The Hall–Kier alpha value is -2.60. The smallest absolute Gasteiger partial charge is 0.322 e. The van der Waals surface area contributed by atoms with E-state index in [0.29, 0.717) is 16.9 Å². The molecule has 1 aromatic heterocycles. The van der Waals surface area contributed by atoms with Crippen LogP contribution in [0.25, 0.3) is 11.5 Å². The molecule has 0 aliphatic heterocycles. The minimum absolute atomic E-state index is 0.124. The normalized spacial score (nSPS) is 16.1. The van der Waals surface area contributed by atoms with Crippen molar-refractivity contribution in [1.29, 1.82) is 0 Å². The summed E-state index contributed by atoms with van der Waals surface area (Å²) in [6, 6.07) is 18.1. The van der Waals surface area contributed by atoms with E-state index in [4.69, 9.17) is 4.42 Å². The monoisotopic (exact) mass is 365 g/mol. The number of carbonyl (C=O) groups excluding carboxylic acids is 1. The molecule has 0 bridgehead atoms. The summed E-state index contributed by atoms with van der Waals surface area (Å²) in [6.07, 6.45) is 3.40. The highest BCUT2D eigenvalue weighted by atomic mass is 32.2. The number of hydrogen-bond donors (Lipinski definition) is 1. The van der Waals surface area contributed by atoms with Crippen molar-refractivity contribution < 1.29 is 9.21 Å². The van der Waals surface area contributed by atoms with Gasteiger partial charge >= 0.3 is 6.01 Å². The third-order valence-corrected chi connectivity index (χ3v) is 5.74. The summed E-state index contributed by atoms with van der Waals surface area (Å²) >= 11 is 1.67. The van der Waals surface area contributed by atoms with Crippen molar-refractivity contribution >= 4 is 23.7 Å². The van der Waals surface area contributed by atoms with E-state index < -0.39 is 0 Å². The Kier molecular flexibility index (Phi) is 5.02. The van der Waals surface area contributed by atoms with Crippen LogP contribution in [0.15, 0.2) is 59.0 Å². The summed E-state index contributed by atoms with van der Waals surface area (Å²) in [4.78, 5) is 12.3. The lowest BCUT2D eigenvalue weighted by Gasteiger charge is -2.24. The zero-order valence-electron chi connectivity index (χ0n) is 14.2. The molecule has 1 aliphatic carbocycles. The van der Waals surface area contributed by atoms with Crippen molar-refractivity contribution in [3.63, 3.8) is 0 Å². The van der Waals surface area contributed by atoms with Gasteiger partial charge in [-0.2, -0.15) is 0 Å². The molecule has 0 saturated carbocycles. The van der Waals surface area contributed by atoms with Gasteiger partial charge in [0.2, 0.25) is 11.8 Å². The molecule has 6 heteroatoms.